The first-order chi connectivity index (χ1) is 7.90. The number of aromatic nitrogens is 1. The van der Waals surface area contributed by atoms with E-state index in [2.05, 4.69) is 22.9 Å². The minimum absolute atomic E-state index is 0.590. The molecule has 0 atom stereocenters. The molecular weight excluding hydrogens is 212 g/mol. The van der Waals surface area contributed by atoms with E-state index in [1.54, 1.807) is 0 Å². The molecule has 0 aliphatic carbocycles. The van der Waals surface area contributed by atoms with Gasteiger partial charge >= 0.3 is 0 Å². The summed E-state index contributed by atoms with van der Waals surface area (Å²) in [5.74, 6) is 0. The van der Waals surface area contributed by atoms with E-state index >= 15 is 0 Å². The topological polar surface area (TPSA) is 36.4 Å². The number of pyridine rings is 1. The van der Waals surface area contributed by atoms with Crippen LogP contribution in [0.25, 0.3) is 0 Å². The molecule has 0 fully saturated rings. The van der Waals surface area contributed by atoms with E-state index in [1.165, 1.54) is 0 Å². The summed E-state index contributed by atoms with van der Waals surface area (Å²) in [4.78, 5) is 6.81. The minimum atomic E-state index is -0.590. The molecule has 96 valence electrons. The van der Waals surface area contributed by atoms with E-state index in [0.717, 1.165) is 37.4 Å². The lowest BCUT2D eigenvalue weighted by Gasteiger charge is -2.24. The molecule has 3 heteroatoms. The molecule has 1 heterocycles. The maximum atomic E-state index is 9.73. The third kappa shape index (κ3) is 5.80. The molecule has 0 amide bonds. The first-order valence-corrected chi connectivity index (χ1v) is 6.28. The molecular formula is C14H24N2O. The van der Waals surface area contributed by atoms with Crippen LogP contribution >= 0.6 is 0 Å². The SMILES string of the molecule is CCN(CCC(C)(C)O)Cc1cccc(C)n1. The largest absolute Gasteiger partial charge is 0.390 e. The van der Waals surface area contributed by atoms with Gasteiger partial charge in [-0.3, -0.25) is 9.88 Å². The van der Waals surface area contributed by atoms with E-state index in [-0.39, 0.29) is 0 Å². The molecule has 1 aromatic rings. The number of rotatable bonds is 6. The molecule has 0 aromatic carbocycles. The molecule has 3 nitrogen and oxygen atoms in total. The van der Waals surface area contributed by atoms with Crippen LogP contribution < -0.4 is 0 Å². The summed E-state index contributed by atoms with van der Waals surface area (Å²) >= 11 is 0. The zero-order chi connectivity index (χ0) is 12.9. The Morgan fingerprint density at radius 3 is 2.59 bits per heavy atom. The van der Waals surface area contributed by atoms with Crippen LogP contribution in [0.4, 0.5) is 0 Å². The van der Waals surface area contributed by atoms with E-state index in [4.69, 9.17) is 0 Å². The smallest absolute Gasteiger partial charge is 0.0603 e. The monoisotopic (exact) mass is 236 g/mol. The van der Waals surface area contributed by atoms with Crippen LogP contribution in [0.1, 0.15) is 38.6 Å². The Hall–Kier alpha value is -0.930. The lowest BCUT2D eigenvalue weighted by Crippen LogP contribution is -2.30. The van der Waals surface area contributed by atoms with Crippen molar-refractivity contribution in [2.75, 3.05) is 13.1 Å². The fraction of sp³-hybridized carbons (Fsp3) is 0.643. The normalized spacial score (nSPS) is 12.1. The van der Waals surface area contributed by atoms with Gasteiger partial charge in [-0.2, -0.15) is 0 Å². The predicted octanol–water partition coefficient (Wildman–Crippen LogP) is 2.37. The van der Waals surface area contributed by atoms with Crippen LogP contribution in [0.2, 0.25) is 0 Å². The molecule has 0 bridgehead atoms. The maximum absolute atomic E-state index is 9.73. The van der Waals surface area contributed by atoms with Gasteiger partial charge in [0.15, 0.2) is 0 Å². The highest BCUT2D eigenvalue weighted by Crippen LogP contribution is 2.10. The van der Waals surface area contributed by atoms with Crippen molar-refractivity contribution >= 4 is 0 Å². The quantitative estimate of drug-likeness (QED) is 0.824. The van der Waals surface area contributed by atoms with Gasteiger partial charge in [0.05, 0.1) is 11.3 Å². The van der Waals surface area contributed by atoms with E-state index in [1.807, 2.05) is 32.9 Å². The predicted molar refractivity (Wildman–Crippen MR) is 70.8 cm³/mol. The van der Waals surface area contributed by atoms with Gasteiger partial charge in [-0.05, 0) is 45.9 Å². The van der Waals surface area contributed by atoms with Gasteiger partial charge in [-0.15, -0.1) is 0 Å². The summed E-state index contributed by atoms with van der Waals surface area (Å²) in [5, 5.41) is 9.73. The molecule has 17 heavy (non-hydrogen) atoms. The van der Waals surface area contributed by atoms with Gasteiger partial charge in [-0.25, -0.2) is 0 Å². The summed E-state index contributed by atoms with van der Waals surface area (Å²) in [5.41, 5.74) is 1.57. The van der Waals surface area contributed by atoms with E-state index in [9.17, 15) is 5.11 Å². The van der Waals surface area contributed by atoms with Crippen LogP contribution in [-0.2, 0) is 6.54 Å². The molecule has 0 saturated carbocycles. The van der Waals surface area contributed by atoms with Gasteiger partial charge in [0, 0.05) is 18.8 Å². The van der Waals surface area contributed by atoms with Gasteiger partial charge in [0.1, 0.15) is 0 Å². The second kappa shape index (κ2) is 6.12. The van der Waals surface area contributed by atoms with Gasteiger partial charge in [0.25, 0.3) is 0 Å². The second-order valence-electron chi connectivity index (χ2n) is 5.20. The van der Waals surface area contributed by atoms with Gasteiger partial charge < -0.3 is 5.11 Å². The Kier molecular flexibility index (Phi) is 5.09. The summed E-state index contributed by atoms with van der Waals surface area (Å²) in [6.07, 6.45) is 0.784. The second-order valence-corrected chi connectivity index (χ2v) is 5.20. The zero-order valence-corrected chi connectivity index (χ0v) is 11.4. The fourth-order valence-electron chi connectivity index (χ4n) is 1.70. The van der Waals surface area contributed by atoms with E-state index < -0.39 is 5.60 Å². The number of nitrogens with zero attached hydrogens (tertiary/aromatic N) is 2. The Morgan fingerprint density at radius 2 is 2.06 bits per heavy atom. The molecule has 1 N–H and O–H groups in total. The van der Waals surface area contributed by atoms with Crippen molar-refractivity contribution in [1.29, 1.82) is 0 Å². The summed E-state index contributed by atoms with van der Waals surface area (Å²) in [6, 6.07) is 6.11. The summed E-state index contributed by atoms with van der Waals surface area (Å²) < 4.78 is 0. The molecule has 0 radical (unpaired) electrons. The molecule has 1 rings (SSSR count). The molecule has 0 spiro atoms. The van der Waals surface area contributed by atoms with Crippen molar-refractivity contribution in [2.45, 2.75) is 46.3 Å². The number of hydrogen-bond acceptors (Lipinski definition) is 3. The van der Waals surface area contributed by atoms with Crippen molar-refractivity contribution in [3.63, 3.8) is 0 Å². The molecule has 0 saturated heterocycles. The van der Waals surface area contributed by atoms with Crippen molar-refractivity contribution < 1.29 is 5.11 Å². The fourth-order valence-corrected chi connectivity index (χ4v) is 1.70. The Labute approximate surface area is 104 Å². The number of aliphatic hydroxyl groups is 1. The van der Waals surface area contributed by atoms with Crippen LogP contribution in [0, 0.1) is 6.92 Å². The average Bonchev–Trinajstić information content (AvgIpc) is 2.23. The molecule has 0 aliphatic heterocycles. The van der Waals surface area contributed by atoms with Gasteiger partial charge in [-0.1, -0.05) is 13.0 Å². The Morgan fingerprint density at radius 1 is 1.35 bits per heavy atom. The van der Waals surface area contributed by atoms with E-state index in [0.29, 0.717) is 0 Å². The Bertz CT molecular complexity index is 344. The van der Waals surface area contributed by atoms with Gasteiger partial charge in [0.2, 0.25) is 0 Å². The van der Waals surface area contributed by atoms with Crippen molar-refractivity contribution in [3.8, 4) is 0 Å². The number of hydrogen-bond donors (Lipinski definition) is 1. The van der Waals surface area contributed by atoms with Crippen LogP contribution in [-0.4, -0.2) is 33.7 Å². The maximum Gasteiger partial charge on any atom is 0.0603 e. The Balaban J connectivity index is 2.52. The highest BCUT2D eigenvalue weighted by Gasteiger charge is 2.14. The zero-order valence-electron chi connectivity index (χ0n) is 11.4. The third-order valence-electron chi connectivity index (χ3n) is 2.82. The van der Waals surface area contributed by atoms with Crippen molar-refractivity contribution in [3.05, 3.63) is 29.6 Å². The number of aryl methyl sites for hydroxylation is 1. The molecule has 0 aliphatic rings. The first-order valence-electron chi connectivity index (χ1n) is 6.28. The highest BCUT2D eigenvalue weighted by atomic mass is 16.3. The van der Waals surface area contributed by atoms with Crippen LogP contribution in [0.3, 0.4) is 0 Å². The summed E-state index contributed by atoms with van der Waals surface area (Å²) in [7, 11) is 0. The van der Waals surface area contributed by atoms with Crippen LogP contribution in [0.5, 0.6) is 0 Å². The average molecular weight is 236 g/mol. The first kappa shape index (κ1) is 14.1. The lowest BCUT2D eigenvalue weighted by atomic mass is 10.1. The molecule has 0 unspecified atom stereocenters. The van der Waals surface area contributed by atoms with Crippen molar-refractivity contribution in [2.24, 2.45) is 0 Å². The molecule has 1 aromatic heterocycles. The van der Waals surface area contributed by atoms with Crippen molar-refractivity contribution in [1.82, 2.24) is 9.88 Å². The highest BCUT2D eigenvalue weighted by molar-refractivity contribution is 5.09. The van der Waals surface area contributed by atoms with Crippen LogP contribution in [0.15, 0.2) is 18.2 Å². The minimum Gasteiger partial charge on any atom is -0.390 e. The third-order valence-corrected chi connectivity index (χ3v) is 2.82. The summed E-state index contributed by atoms with van der Waals surface area (Å²) in [6.45, 7) is 10.6. The lowest BCUT2D eigenvalue weighted by molar-refractivity contribution is 0.0571. The standard InChI is InChI=1S/C14H24N2O/c1-5-16(10-9-14(3,4)17)11-13-8-6-7-12(2)15-13/h6-8,17H,5,9-11H2,1-4H3.